The molecule has 3 nitrogen and oxygen atoms in total. The molecular weight excluding hydrogens is 359 g/mol. The van der Waals surface area contributed by atoms with Crippen molar-refractivity contribution in [2.75, 3.05) is 4.72 Å². The second-order valence-electron chi connectivity index (χ2n) is 3.78. The first-order valence-electron chi connectivity index (χ1n) is 5.23. The quantitative estimate of drug-likeness (QED) is 0.901. The summed E-state index contributed by atoms with van der Waals surface area (Å²) in [7, 11) is -4.46. The van der Waals surface area contributed by atoms with E-state index in [-0.39, 0.29) is 10.2 Å². The van der Waals surface area contributed by atoms with Gasteiger partial charge in [0.25, 0.3) is 10.0 Å². The van der Waals surface area contributed by atoms with Gasteiger partial charge in [-0.1, -0.05) is 6.07 Å². The summed E-state index contributed by atoms with van der Waals surface area (Å²) in [6.07, 6.45) is 0. The first-order valence-corrected chi connectivity index (χ1v) is 7.51. The zero-order chi connectivity index (χ0) is 14.9. The Bertz CT molecular complexity index is 745. The summed E-state index contributed by atoms with van der Waals surface area (Å²) in [4.78, 5) is -1.09. The molecule has 0 aromatic heterocycles. The van der Waals surface area contributed by atoms with E-state index in [0.717, 1.165) is 36.4 Å². The van der Waals surface area contributed by atoms with Crippen LogP contribution in [0.3, 0.4) is 0 Å². The zero-order valence-corrected chi connectivity index (χ0v) is 12.1. The molecule has 0 aliphatic carbocycles. The fraction of sp³-hybridized carbons (Fsp3) is 0. The molecule has 0 saturated heterocycles. The normalized spacial score (nSPS) is 11.4. The Morgan fingerprint density at radius 2 is 1.60 bits per heavy atom. The van der Waals surface area contributed by atoms with Gasteiger partial charge in [0.1, 0.15) is 17.5 Å². The van der Waals surface area contributed by atoms with E-state index in [4.69, 9.17) is 0 Å². The van der Waals surface area contributed by atoms with Crippen LogP contribution in [0.25, 0.3) is 0 Å². The fourth-order valence-corrected chi connectivity index (χ4v) is 3.31. The number of halogens is 4. The highest BCUT2D eigenvalue weighted by molar-refractivity contribution is 9.10. The van der Waals surface area contributed by atoms with Crippen LogP contribution in [0.4, 0.5) is 18.9 Å². The number of hydrogen-bond acceptors (Lipinski definition) is 2. The molecule has 2 aromatic rings. The number of hydrogen-bond donors (Lipinski definition) is 1. The molecule has 0 unspecified atom stereocenters. The molecule has 0 aliphatic rings. The lowest BCUT2D eigenvalue weighted by Crippen LogP contribution is -2.16. The van der Waals surface area contributed by atoms with Crippen molar-refractivity contribution in [2.45, 2.75) is 4.90 Å². The molecule has 2 aromatic carbocycles. The van der Waals surface area contributed by atoms with Crippen LogP contribution in [0.1, 0.15) is 0 Å². The Morgan fingerprint density at radius 3 is 2.15 bits per heavy atom. The second-order valence-corrected chi connectivity index (χ2v) is 6.25. The van der Waals surface area contributed by atoms with Gasteiger partial charge in [-0.3, -0.25) is 4.72 Å². The molecule has 0 bridgehead atoms. The Morgan fingerprint density at radius 1 is 1.00 bits per heavy atom. The van der Waals surface area contributed by atoms with Crippen molar-refractivity contribution < 1.29 is 21.6 Å². The van der Waals surface area contributed by atoms with Crippen molar-refractivity contribution in [1.29, 1.82) is 0 Å². The van der Waals surface area contributed by atoms with E-state index in [1.54, 1.807) is 0 Å². The summed E-state index contributed by atoms with van der Waals surface area (Å²) in [6.45, 7) is 0. The Kier molecular flexibility index (Phi) is 4.05. The van der Waals surface area contributed by atoms with Gasteiger partial charge < -0.3 is 0 Å². The first-order chi connectivity index (χ1) is 9.31. The summed E-state index contributed by atoms with van der Waals surface area (Å²) < 4.78 is 65.9. The highest BCUT2D eigenvalue weighted by Crippen LogP contribution is 2.27. The third-order valence-corrected chi connectivity index (χ3v) is 4.44. The topological polar surface area (TPSA) is 46.2 Å². The highest BCUT2D eigenvalue weighted by Gasteiger charge is 2.24. The van der Waals surface area contributed by atoms with Crippen LogP contribution < -0.4 is 4.72 Å². The number of rotatable bonds is 3. The third-order valence-electron chi connectivity index (χ3n) is 2.36. The van der Waals surface area contributed by atoms with Crippen LogP contribution in [0, 0.1) is 17.5 Å². The predicted molar refractivity (Wildman–Crippen MR) is 71.3 cm³/mol. The molecule has 0 spiro atoms. The van der Waals surface area contributed by atoms with Gasteiger partial charge >= 0.3 is 0 Å². The third kappa shape index (κ3) is 2.96. The maximum atomic E-state index is 13.5. The van der Waals surface area contributed by atoms with E-state index in [1.807, 2.05) is 4.72 Å². The van der Waals surface area contributed by atoms with Gasteiger partial charge in [-0.2, -0.15) is 0 Å². The van der Waals surface area contributed by atoms with Crippen LogP contribution in [-0.2, 0) is 10.0 Å². The maximum absolute atomic E-state index is 13.5. The Balaban J connectivity index is 2.46. The Hall–Kier alpha value is -1.54. The molecule has 0 radical (unpaired) electrons. The molecule has 20 heavy (non-hydrogen) atoms. The van der Waals surface area contributed by atoms with Crippen LogP contribution in [-0.4, -0.2) is 8.42 Å². The molecule has 1 N–H and O–H groups in total. The average Bonchev–Trinajstić information content (AvgIpc) is 2.32. The molecule has 0 atom stereocenters. The van der Waals surface area contributed by atoms with Crippen molar-refractivity contribution in [2.24, 2.45) is 0 Å². The summed E-state index contributed by atoms with van der Waals surface area (Å²) in [6, 6.07) is 5.89. The van der Waals surface area contributed by atoms with Crippen LogP contribution in [0.5, 0.6) is 0 Å². The van der Waals surface area contributed by atoms with Crippen LogP contribution in [0.2, 0.25) is 0 Å². The maximum Gasteiger partial charge on any atom is 0.267 e. The van der Waals surface area contributed by atoms with Gasteiger partial charge in [0.05, 0.1) is 5.69 Å². The monoisotopic (exact) mass is 365 g/mol. The van der Waals surface area contributed by atoms with Crippen molar-refractivity contribution in [3.05, 3.63) is 58.3 Å². The molecule has 8 heteroatoms. The van der Waals surface area contributed by atoms with Crippen molar-refractivity contribution in [3.63, 3.8) is 0 Å². The standard InChI is InChI=1S/C12H7BrF3NO2S/c13-8-6-7(14)4-5-11(8)17-20(18,19)12-9(15)2-1-3-10(12)16/h1-6,17H. The second kappa shape index (κ2) is 5.45. The summed E-state index contributed by atoms with van der Waals surface area (Å²) in [5.74, 6) is -3.01. The number of benzene rings is 2. The number of nitrogens with one attached hydrogen (secondary N) is 1. The van der Waals surface area contributed by atoms with E-state index in [9.17, 15) is 21.6 Å². The first kappa shape index (κ1) is 14.9. The lowest BCUT2D eigenvalue weighted by molar-refractivity contribution is 0.521. The highest BCUT2D eigenvalue weighted by atomic mass is 79.9. The molecule has 0 aliphatic heterocycles. The molecule has 0 saturated carbocycles. The van der Waals surface area contributed by atoms with E-state index >= 15 is 0 Å². The largest absolute Gasteiger partial charge is 0.278 e. The van der Waals surface area contributed by atoms with Gasteiger partial charge in [-0.05, 0) is 46.3 Å². The SMILES string of the molecule is O=S(=O)(Nc1ccc(F)cc1Br)c1c(F)cccc1F. The molecule has 106 valence electrons. The molecule has 0 heterocycles. The lowest BCUT2D eigenvalue weighted by atomic mass is 10.3. The van der Waals surface area contributed by atoms with E-state index in [2.05, 4.69) is 15.9 Å². The Labute approximate surface area is 121 Å². The van der Waals surface area contributed by atoms with Gasteiger partial charge in [-0.25, -0.2) is 21.6 Å². The smallest absolute Gasteiger partial charge is 0.267 e. The van der Waals surface area contributed by atoms with Gasteiger partial charge in [0, 0.05) is 4.47 Å². The minimum absolute atomic E-state index is 0.0333. The molecule has 0 amide bonds. The van der Waals surface area contributed by atoms with Crippen molar-refractivity contribution in [1.82, 2.24) is 0 Å². The average molecular weight is 366 g/mol. The van der Waals surface area contributed by atoms with E-state index in [1.165, 1.54) is 0 Å². The summed E-state index contributed by atoms with van der Waals surface area (Å²) in [5, 5.41) is 0. The van der Waals surface area contributed by atoms with E-state index < -0.39 is 32.4 Å². The summed E-state index contributed by atoms with van der Waals surface area (Å²) >= 11 is 2.95. The fourth-order valence-electron chi connectivity index (χ4n) is 1.51. The summed E-state index contributed by atoms with van der Waals surface area (Å²) in [5.41, 5.74) is -0.0333. The zero-order valence-electron chi connectivity index (χ0n) is 9.70. The minimum Gasteiger partial charge on any atom is -0.278 e. The van der Waals surface area contributed by atoms with Gasteiger partial charge in [-0.15, -0.1) is 0 Å². The molecule has 0 fully saturated rings. The molecule has 2 rings (SSSR count). The van der Waals surface area contributed by atoms with Crippen molar-refractivity contribution >= 4 is 31.6 Å². The predicted octanol–water partition coefficient (Wildman–Crippen LogP) is 3.67. The molecular formula is C12H7BrF3NO2S. The van der Waals surface area contributed by atoms with Crippen LogP contribution >= 0.6 is 15.9 Å². The number of anilines is 1. The van der Waals surface area contributed by atoms with E-state index in [0.29, 0.717) is 0 Å². The van der Waals surface area contributed by atoms with Gasteiger partial charge in [0.2, 0.25) is 0 Å². The van der Waals surface area contributed by atoms with Crippen LogP contribution in [0.15, 0.2) is 45.8 Å². The van der Waals surface area contributed by atoms with Crippen molar-refractivity contribution in [3.8, 4) is 0 Å². The van der Waals surface area contributed by atoms with Gasteiger partial charge in [0.15, 0.2) is 4.90 Å². The number of sulfonamides is 1. The lowest BCUT2D eigenvalue weighted by Gasteiger charge is -2.11. The minimum atomic E-state index is -4.46.